The minimum atomic E-state index is -0.514. The van der Waals surface area contributed by atoms with Crippen LogP contribution in [0.4, 0.5) is 0 Å². The van der Waals surface area contributed by atoms with Gasteiger partial charge in [0.1, 0.15) is 0 Å². The number of hydrogen-bond donors (Lipinski definition) is 3. The zero-order valence-corrected chi connectivity index (χ0v) is 7.88. The van der Waals surface area contributed by atoms with Gasteiger partial charge in [-0.15, -0.1) is 0 Å². The van der Waals surface area contributed by atoms with E-state index in [-0.39, 0.29) is 13.2 Å². The third-order valence-corrected chi connectivity index (χ3v) is 2.11. The van der Waals surface area contributed by atoms with Crippen LogP contribution in [0.2, 0.25) is 0 Å². The molecule has 0 saturated carbocycles. The highest BCUT2D eigenvalue weighted by Crippen LogP contribution is 2.07. The van der Waals surface area contributed by atoms with Crippen molar-refractivity contribution in [3.8, 4) is 0 Å². The molecule has 0 aromatic carbocycles. The Kier molecular flexibility index (Phi) is 5.98. The van der Waals surface area contributed by atoms with Crippen LogP contribution in [0.1, 0.15) is 20.3 Å². The Balaban J connectivity index is 3.92. The van der Waals surface area contributed by atoms with Crippen molar-refractivity contribution in [2.45, 2.75) is 25.8 Å². The molecule has 0 aromatic heterocycles. The van der Waals surface area contributed by atoms with Crippen molar-refractivity contribution < 1.29 is 10.2 Å². The summed E-state index contributed by atoms with van der Waals surface area (Å²) in [6.07, 6.45) is 4.61. The van der Waals surface area contributed by atoms with Crippen molar-refractivity contribution in [3.63, 3.8) is 0 Å². The molecule has 0 aromatic rings. The lowest BCUT2D eigenvalue weighted by Gasteiger charge is -2.29. The Bertz CT molecular complexity index is 122. The summed E-state index contributed by atoms with van der Waals surface area (Å²) in [5.74, 6) is 0. The standard InChI is InChI=1S/C9H19NO2/c1-3-5-6-10-9(4-2,7-11)8-12/h3,5,10-12H,4,6-8H2,1-2H3/b5-3+. The van der Waals surface area contributed by atoms with Gasteiger partial charge >= 0.3 is 0 Å². The first-order valence-corrected chi connectivity index (χ1v) is 4.32. The first-order valence-electron chi connectivity index (χ1n) is 4.32. The van der Waals surface area contributed by atoms with E-state index in [2.05, 4.69) is 5.32 Å². The van der Waals surface area contributed by atoms with Crippen LogP contribution in [0.25, 0.3) is 0 Å². The second-order valence-corrected chi connectivity index (χ2v) is 2.90. The minimum absolute atomic E-state index is 0.0302. The number of nitrogens with one attached hydrogen (secondary N) is 1. The zero-order valence-electron chi connectivity index (χ0n) is 7.88. The fourth-order valence-corrected chi connectivity index (χ4v) is 0.904. The van der Waals surface area contributed by atoms with E-state index in [9.17, 15) is 0 Å². The Morgan fingerprint density at radius 1 is 1.33 bits per heavy atom. The number of aliphatic hydroxyl groups is 2. The minimum Gasteiger partial charge on any atom is -0.394 e. The smallest absolute Gasteiger partial charge is 0.0647 e. The van der Waals surface area contributed by atoms with Crippen LogP contribution in [0.15, 0.2) is 12.2 Å². The highest BCUT2D eigenvalue weighted by molar-refractivity contribution is 4.90. The van der Waals surface area contributed by atoms with Crippen molar-refractivity contribution in [1.29, 1.82) is 0 Å². The first kappa shape index (κ1) is 11.6. The highest BCUT2D eigenvalue weighted by atomic mass is 16.3. The molecule has 3 heteroatoms. The topological polar surface area (TPSA) is 52.5 Å². The monoisotopic (exact) mass is 173 g/mol. The van der Waals surface area contributed by atoms with E-state index in [1.165, 1.54) is 0 Å². The summed E-state index contributed by atoms with van der Waals surface area (Å²) in [7, 11) is 0. The fraction of sp³-hybridized carbons (Fsp3) is 0.778. The summed E-state index contributed by atoms with van der Waals surface area (Å²) in [5, 5.41) is 21.2. The molecule has 12 heavy (non-hydrogen) atoms. The Labute approximate surface area is 74.1 Å². The number of allylic oxidation sites excluding steroid dienone is 1. The van der Waals surface area contributed by atoms with Crippen LogP contribution in [-0.2, 0) is 0 Å². The third kappa shape index (κ3) is 3.34. The lowest BCUT2D eigenvalue weighted by Crippen LogP contribution is -2.51. The van der Waals surface area contributed by atoms with Gasteiger partial charge in [0.05, 0.1) is 18.8 Å². The predicted molar refractivity (Wildman–Crippen MR) is 50.0 cm³/mol. The van der Waals surface area contributed by atoms with Gasteiger partial charge in [-0.2, -0.15) is 0 Å². The molecular weight excluding hydrogens is 154 g/mol. The van der Waals surface area contributed by atoms with Crippen molar-refractivity contribution in [1.82, 2.24) is 5.32 Å². The molecule has 3 N–H and O–H groups in total. The average molecular weight is 173 g/mol. The van der Waals surface area contributed by atoms with Crippen molar-refractivity contribution in [2.24, 2.45) is 0 Å². The average Bonchev–Trinajstić information content (AvgIpc) is 2.14. The Morgan fingerprint density at radius 2 is 1.92 bits per heavy atom. The van der Waals surface area contributed by atoms with Crippen molar-refractivity contribution in [2.75, 3.05) is 19.8 Å². The van der Waals surface area contributed by atoms with Gasteiger partial charge in [-0.25, -0.2) is 0 Å². The third-order valence-electron chi connectivity index (χ3n) is 2.11. The van der Waals surface area contributed by atoms with Gasteiger partial charge in [0.25, 0.3) is 0 Å². The van der Waals surface area contributed by atoms with Crippen molar-refractivity contribution in [3.05, 3.63) is 12.2 Å². The lowest BCUT2D eigenvalue weighted by atomic mass is 9.99. The zero-order chi connectivity index (χ0) is 9.45. The molecule has 0 aliphatic rings. The maximum atomic E-state index is 9.03. The summed E-state index contributed by atoms with van der Waals surface area (Å²) in [6.45, 7) is 4.50. The largest absolute Gasteiger partial charge is 0.394 e. The van der Waals surface area contributed by atoms with Gasteiger partial charge in [-0.1, -0.05) is 19.1 Å². The van der Waals surface area contributed by atoms with Crippen LogP contribution in [-0.4, -0.2) is 35.5 Å². The molecule has 0 heterocycles. The molecule has 0 bridgehead atoms. The predicted octanol–water partition coefficient (Wildman–Crippen LogP) is 0.285. The van der Waals surface area contributed by atoms with Crippen LogP contribution in [0.3, 0.4) is 0 Å². The van der Waals surface area contributed by atoms with E-state index in [0.717, 1.165) is 6.42 Å². The molecule has 0 atom stereocenters. The number of rotatable bonds is 6. The van der Waals surface area contributed by atoms with E-state index in [1.54, 1.807) is 0 Å². The maximum Gasteiger partial charge on any atom is 0.0647 e. The lowest BCUT2D eigenvalue weighted by molar-refractivity contribution is 0.0908. The molecule has 0 radical (unpaired) electrons. The van der Waals surface area contributed by atoms with Crippen molar-refractivity contribution >= 4 is 0 Å². The fourth-order valence-electron chi connectivity index (χ4n) is 0.904. The van der Waals surface area contributed by atoms with Crippen LogP contribution in [0.5, 0.6) is 0 Å². The van der Waals surface area contributed by atoms with Gasteiger partial charge in [0.15, 0.2) is 0 Å². The maximum absolute atomic E-state index is 9.03. The molecule has 0 aliphatic heterocycles. The second-order valence-electron chi connectivity index (χ2n) is 2.90. The van der Waals surface area contributed by atoms with Gasteiger partial charge < -0.3 is 15.5 Å². The van der Waals surface area contributed by atoms with E-state index >= 15 is 0 Å². The molecule has 0 amide bonds. The second kappa shape index (κ2) is 6.17. The Hall–Kier alpha value is -0.380. The number of aliphatic hydroxyl groups excluding tert-OH is 2. The van der Waals surface area contributed by atoms with E-state index < -0.39 is 5.54 Å². The number of hydrogen-bond acceptors (Lipinski definition) is 3. The van der Waals surface area contributed by atoms with E-state index in [0.29, 0.717) is 6.54 Å². The molecular formula is C9H19NO2. The summed E-state index contributed by atoms with van der Waals surface area (Å²) < 4.78 is 0. The normalized spacial score (nSPS) is 12.7. The quantitative estimate of drug-likeness (QED) is 0.506. The van der Waals surface area contributed by atoms with Crippen LogP contribution >= 0.6 is 0 Å². The Morgan fingerprint density at radius 3 is 2.25 bits per heavy atom. The van der Waals surface area contributed by atoms with Crippen LogP contribution in [0, 0.1) is 0 Å². The van der Waals surface area contributed by atoms with Gasteiger partial charge in [0.2, 0.25) is 0 Å². The molecule has 0 spiro atoms. The molecule has 0 aliphatic carbocycles. The summed E-state index contributed by atoms with van der Waals surface area (Å²) in [4.78, 5) is 0. The highest BCUT2D eigenvalue weighted by Gasteiger charge is 2.24. The summed E-state index contributed by atoms with van der Waals surface area (Å²) >= 11 is 0. The first-order chi connectivity index (χ1) is 5.74. The molecule has 0 unspecified atom stereocenters. The van der Waals surface area contributed by atoms with Gasteiger partial charge in [-0.3, -0.25) is 0 Å². The molecule has 0 fully saturated rings. The van der Waals surface area contributed by atoms with Crippen LogP contribution < -0.4 is 5.32 Å². The van der Waals surface area contributed by atoms with Gasteiger partial charge in [-0.05, 0) is 13.3 Å². The molecule has 3 nitrogen and oxygen atoms in total. The molecule has 0 rings (SSSR count). The van der Waals surface area contributed by atoms with Gasteiger partial charge in [0, 0.05) is 6.54 Å². The molecule has 72 valence electrons. The molecule has 0 saturated heterocycles. The SMILES string of the molecule is C/C=C/CNC(CC)(CO)CO. The van der Waals surface area contributed by atoms with E-state index in [4.69, 9.17) is 10.2 Å². The summed E-state index contributed by atoms with van der Waals surface area (Å²) in [6, 6.07) is 0. The van der Waals surface area contributed by atoms with E-state index in [1.807, 2.05) is 26.0 Å². The summed E-state index contributed by atoms with van der Waals surface area (Å²) in [5.41, 5.74) is -0.514.